The lowest BCUT2D eigenvalue weighted by atomic mass is 10.1. The second-order valence-electron chi connectivity index (χ2n) is 6.69. The summed E-state index contributed by atoms with van der Waals surface area (Å²) in [7, 11) is 4.16. The third-order valence-electron chi connectivity index (χ3n) is 4.41. The molecule has 0 spiro atoms. The number of nitrogens with one attached hydrogen (secondary N) is 1. The lowest BCUT2D eigenvalue weighted by Crippen LogP contribution is -2.10. The van der Waals surface area contributed by atoms with Crippen LogP contribution in [0.25, 0.3) is 21.8 Å². The molecule has 4 aromatic rings. The first-order valence-electron chi connectivity index (χ1n) is 8.55. The third-order valence-corrected chi connectivity index (χ3v) is 4.41. The molecule has 0 unspecified atom stereocenters. The van der Waals surface area contributed by atoms with Gasteiger partial charge in [-0.2, -0.15) is 0 Å². The zero-order valence-corrected chi connectivity index (χ0v) is 14.6. The van der Waals surface area contributed by atoms with Crippen molar-refractivity contribution in [1.82, 2.24) is 9.88 Å². The van der Waals surface area contributed by atoms with Gasteiger partial charge >= 0.3 is 0 Å². The summed E-state index contributed by atoms with van der Waals surface area (Å²) in [5.74, 6) is 0.923. The second kappa shape index (κ2) is 6.61. The number of hydrogen-bond acceptors (Lipinski definition) is 2. The molecular weight excluding hydrogens is 308 g/mol. The zero-order chi connectivity index (χ0) is 17.2. The van der Waals surface area contributed by atoms with Crippen molar-refractivity contribution >= 4 is 21.8 Å². The first-order valence-corrected chi connectivity index (χ1v) is 8.55. The van der Waals surface area contributed by atoms with E-state index in [0.717, 1.165) is 28.7 Å². The molecule has 0 fully saturated rings. The van der Waals surface area contributed by atoms with Crippen molar-refractivity contribution in [1.29, 1.82) is 0 Å². The predicted molar refractivity (Wildman–Crippen MR) is 104 cm³/mol. The lowest BCUT2D eigenvalue weighted by Gasteiger charge is -2.11. The van der Waals surface area contributed by atoms with E-state index in [1.54, 1.807) is 0 Å². The van der Waals surface area contributed by atoms with Crippen molar-refractivity contribution in [3.05, 3.63) is 77.9 Å². The van der Waals surface area contributed by atoms with Gasteiger partial charge in [-0.25, -0.2) is 0 Å². The lowest BCUT2D eigenvalue weighted by molar-refractivity contribution is 0.310. The summed E-state index contributed by atoms with van der Waals surface area (Å²) in [5, 5.41) is 2.36. The summed E-state index contributed by atoms with van der Waals surface area (Å²) in [4.78, 5) is 5.63. The maximum atomic E-state index is 6.16. The highest BCUT2D eigenvalue weighted by Gasteiger charge is 2.09. The molecular formula is C22H22N2O. The Bertz CT molecular complexity index is 1000. The molecule has 1 aromatic heterocycles. The molecule has 1 N–H and O–H groups in total. The van der Waals surface area contributed by atoms with Crippen molar-refractivity contribution in [3.63, 3.8) is 0 Å². The molecule has 3 nitrogen and oxygen atoms in total. The number of ether oxygens (including phenoxy) is 1. The van der Waals surface area contributed by atoms with Gasteiger partial charge in [0.15, 0.2) is 0 Å². The summed E-state index contributed by atoms with van der Waals surface area (Å²) in [6, 6.07) is 23.2. The van der Waals surface area contributed by atoms with E-state index in [1.807, 2.05) is 18.2 Å². The number of rotatable bonds is 5. The fourth-order valence-electron chi connectivity index (χ4n) is 3.26. The molecule has 3 heteroatoms. The fraction of sp³-hybridized carbons (Fsp3) is 0.182. The van der Waals surface area contributed by atoms with Crippen LogP contribution in [0.3, 0.4) is 0 Å². The molecule has 0 aliphatic rings. The van der Waals surface area contributed by atoms with Crippen molar-refractivity contribution < 1.29 is 4.74 Å². The van der Waals surface area contributed by atoms with Gasteiger partial charge in [0.1, 0.15) is 12.4 Å². The summed E-state index contributed by atoms with van der Waals surface area (Å²) < 4.78 is 6.16. The van der Waals surface area contributed by atoms with Crippen LogP contribution >= 0.6 is 0 Å². The Morgan fingerprint density at radius 2 is 1.52 bits per heavy atom. The Balaban J connectivity index is 1.59. The van der Waals surface area contributed by atoms with E-state index < -0.39 is 0 Å². The van der Waals surface area contributed by atoms with E-state index in [4.69, 9.17) is 4.74 Å². The minimum Gasteiger partial charge on any atom is -0.488 e. The Kier molecular flexibility index (Phi) is 4.16. The van der Waals surface area contributed by atoms with Crippen LogP contribution in [0.1, 0.15) is 11.1 Å². The average molecular weight is 330 g/mol. The number of para-hydroxylation sites is 1. The molecule has 0 atom stereocenters. The smallest absolute Gasteiger partial charge is 0.129 e. The second-order valence-corrected chi connectivity index (χ2v) is 6.69. The Labute approximate surface area is 147 Å². The number of aromatic amines is 1. The van der Waals surface area contributed by atoms with Crippen LogP contribution in [-0.2, 0) is 13.2 Å². The minimum absolute atomic E-state index is 0.570. The highest BCUT2D eigenvalue weighted by molar-refractivity contribution is 6.10. The Hall–Kier alpha value is -2.78. The number of fused-ring (bicyclic) bond motifs is 3. The van der Waals surface area contributed by atoms with Crippen LogP contribution in [0, 0.1) is 0 Å². The van der Waals surface area contributed by atoms with Gasteiger partial charge in [-0.05, 0) is 43.4 Å². The Morgan fingerprint density at radius 1 is 0.800 bits per heavy atom. The monoisotopic (exact) mass is 330 g/mol. The number of H-pyrrole nitrogens is 1. The van der Waals surface area contributed by atoms with E-state index in [0.29, 0.717) is 6.61 Å². The molecule has 0 amide bonds. The summed E-state index contributed by atoms with van der Waals surface area (Å²) in [5.41, 5.74) is 4.74. The number of aromatic nitrogens is 1. The normalized spacial score (nSPS) is 11.5. The van der Waals surface area contributed by atoms with Crippen molar-refractivity contribution in [2.24, 2.45) is 0 Å². The fourth-order valence-corrected chi connectivity index (χ4v) is 3.26. The molecule has 0 bridgehead atoms. The van der Waals surface area contributed by atoms with Crippen molar-refractivity contribution in [2.45, 2.75) is 13.2 Å². The first-order chi connectivity index (χ1) is 12.2. The van der Waals surface area contributed by atoms with Gasteiger partial charge in [0.05, 0.1) is 5.52 Å². The maximum Gasteiger partial charge on any atom is 0.129 e. The number of benzene rings is 3. The number of nitrogens with zero attached hydrogens (tertiary/aromatic N) is 1. The van der Waals surface area contributed by atoms with Crippen LogP contribution in [0.5, 0.6) is 5.75 Å². The maximum absolute atomic E-state index is 6.16. The topological polar surface area (TPSA) is 28.3 Å². The molecule has 0 radical (unpaired) electrons. The van der Waals surface area contributed by atoms with E-state index >= 15 is 0 Å². The van der Waals surface area contributed by atoms with Gasteiger partial charge < -0.3 is 14.6 Å². The van der Waals surface area contributed by atoms with Gasteiger partial charge in [0.2, 0.25) is 0 Å². The van der Waals surface area contributed by atoms with Crippen LogP contribution in [0.15, 0.2) is 66.7 Å². The quantitative estimate of drug-likeness (QED) is 0.560. The van der Waals surface area contributed by atoms with Gasteiger partial charge in [0.25, 0.3) is 0 Å². The number of hydrogen-bond donors (Lipinski definition) is 1. The third kappa shape index (κ3) is 3.24. The van der Waals surface area contributed by atoms with Gasteiger partial charge in [0, 0.05) is 22.8 Å². The van der Waals surface area contributed by atoms with E-state index in [1.165, 1.54) is 16.5 Å². The average Bonchev–Trinajstić information content (AvgIpc) is 3.00. The molecule has 126 valence electrons. The van der Waals surface area contributed by atoms with Crippen LogP contribution in [-0.4, -0.2) is 24.0 Å². The van der Waals surface area contributed by atoms with Gasteiger partial charge in [-0.15, -0.1) is 0 Å². The summed E-state index contributed by atoms with van der Waals surface area (Å²) >= 11 is 0. The molecule has 1 heterocycles. The SMILES string of the molecule is CN(C)Cc1ccc(COc2cccc3[nH]c4ccccc4c23)cc1. The van der Waals surface area contributed by atoms with E-state index in [2.05, 4.69) is 72.5 Å². The molecule has 0 aliphatic heterocycles. The molecule has 25 heavy (non-hydrogen) atoms. The van der Waals surface area contributed by atoms with Crippen molar-refractivity contribution in [2.75, 3.05) is 14.1 Å². The summed E-state index contributed by atoms with van der Waals surface area (Å²) in [6.07, 6.45) is 0. The Morgan fingerprint density at radius 3 is 2.32 bits per heavy atom. The highest BCUT2D eigenvalue weighted by Crippen LogP contribution is 2.33. The predicted octanol–water partition coefficient (Wildman–Crippen LogP) is 4.96. The standard InChI is InChI=1S/C22H22N2O/c1-24(2)14-16-10-12-17(13-11-16)15-25-21-9-5-8-20-22(21)18-6-3-4-7-19(18)23-20/h3-13,23H,14-15H2,1-2H3. The minimum atomic E-state index is 0.570. The highest BCUT2D eigenvalue weighted by atomic mass is 16.5. The van der Waals surface area contributed by atoms with Crippen LogP contribution in [0.2, 0.25) is 0 Å². The first kappa shape index (κ1) is 15.7. The van der Waals surface area contributed by atoms with Crippen LogP contribution < -0.4 is 4.74 Å². The summed E-state index contributed by atoms with van der Waals surface area (Å²) in [6.45, 7) is 1.52. The molecule has 4 rings (SSSR count). The van der Waals surface area contributed by atoms with Gasteiger partial charge in [-0.1, -0.05) is 48.5 Å². The van der Waals surface area contributed by atoms with Crippen molar-refractivity contribution in [3.8, 4) is 5.75 Å². The molecule has 0 saturated heterocycles. The van der Waals surface area contributed by atoms with Gasteiger partial charge in [-0.3, -0.25) is 0 Å². The molecule has 0 aliphatic carbocycles. The van der Waals surface area contributed by atoms with E-state index in [-0.39, 0.29) is 0 Å². The molecule has 3 aromatic carbocycles. The zero-order valence-electron chi connectivity index (χ0n) is 14.6. The van der Waals surface area contributed by atoms with Crippen LogP contribution in [0.4, 0.5) is 0 Å². The van der Waals surface area contributed by atoms with E-state index in [9.17, 15) is 0 Å². The largest absolute Gasteiger partial charge is 0.488 e. The molecule has 0 saturated carbocycles.